The lowest BCUT2D eigenvalue weighted by Crippen LogP contribution is -2.71. The molecule has 6 rings (SSSR count). The Balaban J connectivity index is 1.38. The van der Waals surface area contributed by atoms with Gasteiger partial charge in [-0.15, -0.1) is 0 Å². The van der Waals surface area contributed by atoms with Crippen molar-refractivity contribution < 1.29 is 55.1 Å². The van der Waals surface area contributed by atoms with Gasteiger partial charge in [-0.25, -0.2) is 0 Å². The standard InChI is InChI=1S/C36H58O11/c1-31(18-38)10-12-36(30(44)45)13-11-33(3)19(20(36)14-31)6-7-23-32(2)15-21(39)28(47-29-27(43)26(42)22(40)17-46-29)35(5,25(41)16-37)24(32)8-9-34(23,33)4/h6,20-29,37-43H,7-18H2,1-5H3,(H,44,45). The SMILES string of the molecule is CC1(CO)CCC2(C(=O)O)CCC3(C)C(=CCC4C5(C)CC(O)C(OC6OCC(O)C(O)C6O)C(C)(C(O)CO)C5CCC43C)C2C1. The maximum atomic E-state index is 13.0. The number of aliphatic carboxylic acids is 1. The Morgan fingerprint density at radius 2 is 1.62 bits per heavy atom. The summed E-state index contributed by atoms with van der Waals surface area (Å²) in [6, 6.07) is 0. The monoisotopic (exact) mass is 666 g/mol. The third-order valence-corrected chi connectivity index (χ3v) is 15.6. The number of aliphatic hydroxyl groups excluding tert-OH is 7. The average molecular weight is 667 g/mol. The topological polar surface area (TPSA) is 197 Å². The molecule has 0 aromatic heterocycles. The number of ether oxygens (including phenoxy) is 2. The van der Waals surface area contributed by atoms with Crippen LogP contribution in [0.2, 0.25) is 0 Å². The number of aliphatic hydroxyl groups is 7. The first-order valence-corrected chi connectivity index (χ1v) is 17.7. The Kier molecular flexibility index (Phi) is 8.88. The average Bonchev–Trinajstić information content (AvgIpc) is 3.02. The van der Waals surface area contributed by atoms with Crippen molar-refractivity contribution >= 4 is 5.97 Å². The van der Waals surface area contributed by atoms with Gasteiger partial charge in [0.25, 0.3) is 0 Å². The molecule has 16 atom stereocenters. The number of carboxylic acids is 1. The molecule has 268 valence electrons. The fourth-order valence-corrected chi connectivity index (χ4v) is 12.4. The second kappa shape index (κ2) is 11.7. The van der Waals surface area contributed by atoms with Gasteiger partial charge in [0.2, 0.25) is 0 Å². The summed E-state index contributed by atoms with van der Waals surface area (Å²) in [6.45, 7) is 9.93. The molecule has 11 nitrogen and oxygen atoms in total. The van der Waals surface area contributed by atoms with Gasteiger partial charge < -0.3 is 50.3 Å². The minimum absolute atomic E-state index is 0.0260. The highest BCUT2D eigenvalue weighted by Crippen LogP contribution is 2.76. The zero-order valence-corrected chi connectivity index (χ0v) is 28.6. The molecule has 1 heterocycles. The number of hydrogen-bond donors (Lipinski definition) is 8. The maximum absolute atomic E-state index is 13.0. The molecular weight excluding hydrogens is 608 g/mol. The first-order valence-electron chi connectivity index (χ1n) is 17.7. The van der Waals surface area contributed by atoms with E-state index in [9.17, 15) is 45.6 Å². The van der Waals surface area contributed by atoms with Crippen molar-refractivity contribution in [1.29, 1.82) is 0 Å². The fourth-order valence-electron chi connectivity index (χ4n) is 12.4. The zero-order chi connectivity index (χ0) is 34.5. The van der Waals surface area contributed by atoms with Crippen molar-refractivity contribution in [3.05, 3.63) is 11.6 Å². The molecule has 1 saturated heterocycles. The van der Waals surface area contributed by atoms with Crippen LogP contribution in [0.3, 0.4) is 0 Å². The lowest BCUT2D eigenvalue weighted by atomic mass is 9.33. The second-order valence-corrected chi connectivity index (χ2v) is 17.6. The van der Waals surface area contributed by atoms with Crippen LogP contribution in [-0.4, -0.2) is 110 Å². The molecule has 5 fully saturated rings. The highest BCUT2D eigenvalue weighted by Gasteiger charge is 2.72. The molecule has 0 spiro atoms. The van der Waals surface area contributed by atoms with Crippen LogP contribution in [-0.2, 0) is 14.3 Å². The van der Waals surface area contributed by atoms with Crippen LogP contribution in [0.4, 0.5) is 0 Å². The Morgan fingerprint density at radius 3 is 2.26 bits per heavy atom. The maximum Gasteiger partial charge on any atom is 0.310 e. The van der Waals surface area contributed by atoms with Crippen molar-refractivity contribution in [1.82, 2.24) is 0 Å². The van der Waals surface area contributed by atoms with Gasteiger partial charge in [0.1, 0.15) is 18.3 Å². The molecule has 11 heteroatoms. The number of carbonyl (C=O) groups is 1. The van der Waals surface area contributed by atoms with Crippen molar-refractivity contribution in [3.8, 4) is 0 Å². The summed E-state index contributed by atoms with van der Waals surface area (Å²) in [7, 11) is 0. The largest absolute Gasteiger partial charge is 0.481 e. The van der Waals surface area contributed by atoms with E-state index in [-0.39, 0.29) is 47.2 Å². The van der Waals surface area contributed by atoms with Crippen molar-refractivity contribution in [3.63, 3.8) is 0 Å². The number of hydrogen-bond acceptors (Lipinski definition) is 10. The molecular formula is C36H58O11. The molecule has 0 bridgehead atoms. The summed E-state index contributed by atoms with van der Waals surface area (Å²) in [5.74, 6) is -1.04. The van der Waals surface area contributed by atoms with E-state index in [1.54, 1.807) is 0 Å². The minimum atomic E-state index is -1.57. The van der Waals surface area contributed by atoms with Crippen LogP contribution in [0.25, 0.3) is 0 Å². The van der Waals surface area contributed by atoms with Crippen molar-refractivity contribution in [2.24, 2.45) is 50.2 Å². The van der Waals surface area contributed by atoms with E-state index in [1.807, 2.05) is 6.92 Å². The molecule has 0 radical (unpaired) electrons. The van der Waals surface area contributed by atoms with Gasteiger partial charge in [-0.1, -0.05) is 46.3 Å². The highest BCUT2D eigenvalue weighted by atomic mass is 16.7. The Bertz CT molecular complexity index is 1260. The van der Waals surface area contributed by atoms with Crippen molar-refractivity contribution in [2.75, 3.05) is 19.8 Å². The van der Waals surface area contributed by atoms with Gasteiger partial charge in [0.15, 0.2) is 6.29 Å². The van der Waals surface area contributed by atoms with E-state index in [0.717, 1.165) is 12.8 Å². The van der Waals surface area contributed by atoms with Gasteiger partial charge in [-0.05, 0) is 97.2 Å². The number of carboxylic acid groups (broad SMARTS) is 1. The van der Waals surface area contributed by atoms with Crippen molar-refractivity contribution in [2.45, 2.75) is 135 Å². The Hall–Kier alpha value is -1.15. The first kappa shape index (κ1) is 35.7. The predicted molar refractivity (Wildman–Crippen MR) is 170 cm³/mol. The minimum Gasteiger partial charge on any atom is -0.481 e. The van der Waals surface area contributed by atoms with E-state index in [1.165, 1.54) is 5.57 Å². The van der Waals surface area contributed by atoms with E-state index in [4.69, 9.17) is 9.47 Å². The van der Waals surface area contributed by atoms with Crippen LogP contribution in [0.1, 0.15) is 92.4 Å². The summed E-state index contributed by atoms with van der Waals surface area (Å²) in [6.07, 6.45) is -1.12. The lowest BCUT2D eigenvalue weighted by Gasteiger charge is -2.72. The van der Waals surface area contributed by atoms with E-state index in [0.29, 0.717) is 44.9 Å². The van der Waals surface area contributed by atoms with Gasteiger partial charge in [0, 0.05) is 12.0 Å². The molecule has 4 saturated carbocycles. The third-order valence-electron chi connectivity index (χ3n) is 15.6. The van der Waals surface area contributed by atoms with Crippen LogP contribution in [0.5, 0.6) is 0 Å². The van der Waals surface area contributed by atoms with Crippen LogP contribution < -0.4 is 0 Å². The molecule has 16 unspecified atom stereocenters. The molecule has 8 N–H and O–H groups in total. The summed E-state index contributed by atoms with van der Waals surface area (Å²) >= 11 is 0. The van der Waals surface area contributed by atoms with Gasteiger partial charge in [-0.3, -0.25) is 4.79 Å². The van der Waals surface area contributed by atoms with E-state index in [2.05, 4.69) is 33.8 Å². The first-order chi connectivity index (χ1) is 21.9. The smallest absolute Gasteiger partial charge is 0.310 e. The van der Waals surface area contributed by atoms with Crippen LogP contribution >= 0.6 is 0 Å². The summed E-state index contributed by atoms with van der Waals surface area (Å²) in [5.41, 5.74) is -2.17. The summed E-state index contributed by atoms with van der Waals surface area (Å²) in [5, 5.41) is 85.8. The number of allylic oxidation sites excluding steroid dienone is 2. The molecule has 0 aromatic rings. The summed E-state index contributed by atoms with van der Waals surface area (Å²) < 4.78 is 11.8. The van der Waals surface area contributed by atoms with Crippen LogP contribution in [0, 0.1) is 50.2 Å². The molecule has 0 amide bonds. The third kappa shape index (κ3) is 4.81. The van der Waals surface area contributed by atoms with Gasteiger partial charge in [-0.2, -0.15) is 0 Å². The number of fused-ring (bicyclic) bond motifs is 7. The summed E-state index contributed by atoms with van der Waals surface area (Å²) in [4.78, 5) is 13.0. The number of rotatable bonds is 6. The van der Waals surface area contributed by atoms with Crippen LogP contribution in [0.15, 0.2) is 11.6 Å². The highest BCUT2D eigenvalue weighted by molar-refractivity contribution is 5.76. The Morgan fingerprint density at radius 1 is 0.936 bits per heavy atom. The molecule has 0 aromatic carbocycles. The lowest BCUT2D eigenvalue weighted by molar-refractivity contribution is -0.335. The molecule has 5 aliphatic carbocycles. The normalized spacial score (nSPS) is 55.1. The Labute approximate surface area is 278 Å². The second-order valence-electron chi connectivity index (χ2n) is 17.6. The predicted octanol–water partition coefficient (Wildman–Crippen LogP) is 1.97. The molecule has 1 aliphatic heterocycles. The van der Waals surface area contributed by atoms with Gasteiger partial charge in [0.05, 0.1) is 36.9 Å². The quantitative estimate of drug-likeness (QED) is 0.152. The van der Waals surface area contributed by atoms with E-state index < -0.39 is 71.7 Å². The fraction of sp³-hybridized carbons (Fsp3) is 0.917. The van der Waals surface area contributed by atoms with Gasteiger partial charge >= 0.3 is 5.97 Å². The zero-order valence-electron chi connectivity index (χ0n) is 28.6. The molecule has 47 heavy (non-hydrogen) atoms. The molecule has 6 aliphatic rings. The van der Waals surface area contributed by atoms with E-state index >= 15 is 0 Å².